The average molecular weight is 208 g/mol. The van der Waals surface area contributed by atoms with Gasteiger partial charge in [-0.25, -0.2) is 13.9 Å². The minimum atomic E-state index is -1.35. The first kappa shape index (κ1) is 9.32. The summed E-state index contributed by atoms with van der Waals surface area (Å²) < 4.78 is 14.2. The summed E-state index contributed by atoms with van der Waals surface area (Å²) in [5, 5.41) is 12.7. The number of carbonyl (C=O) groups is 2. The first-order valence-electron chi connectivity index (χ1n) is 3.99. The second-order valence-electron chi connectivity index (χ2n) is 2.89. The molecule has 0 bridgehead atoms. The van der Waals surface area contributed by atoms with Crippen molar-refractivity contribution in [2.24, 2.45) is 0 Å². The van der Waals surface area contributed by atoms with Gasteiger partial charge in [-0.1, -0.05) is 0 Å². The zero-order valence-corrected chi connectivity index (χ0v) is 7.35. The van der Waals surface area contributed by atoms with E-state index in [1.807, 2.05) is 0 Å². The van der Waals surface area contributed by atoms with Crippen molar-refractivity contribution in [2.75, 3.05) is 0 Å². The van der Waals surface area contributed by atoms with E-state index in [1.165, 1.54) is 6.20 Å². The van der Waals surface area contributed by atoms with Gasteiger partial charge in [0.05, 0.1) is 17.3 Å². The maximum absolute atomic E-state index is 13.2. The molecule has 0 saturated heterocycles. The van der Waals surface area contributed by atoms with Crippen LogP contribution in [-0.2, 0) is 4.79 Å². The summed E-state index contributed by atoms with van der Waals surface area (Å²) in [5.74, 6) is -2.24. The van der Waals surface area contributed by atoms with Gasteiger partial charge in [-0.2, -0.15) is 5.10 Å². The van der Waals surface area contributed by atoms with E-state index in [0.29, 0.717) is 11.8 Å². The van der Waals surface area contributed by atoms with Crippen LogP contribution in [0.15, 0.2) is 18.3 Å². The fourth-order valence-corrected chi connectivity index (χ4v) is 1.32. The number of hydrogen-bond donors (Lipinski definition) is 1. The zero-order chi connectivity index (χ0) is 11.0. The van der Waals surface area contributed by atoms with Crippen LogP contribution in [0.4, 0.5) is 4.39 Å². The minimum Gasteiger partial charge on any atom is -0.478 e. The lowest BCUT2D eigenvalue weighted by molar-refractivity contribution is 0.0692. The predicted molar refractivity (Wildman–Crippen MR) is 48.8 cm³/mol. The molecule has 76 valence electrons. The lowest BCUT2D eigenvalue weighted by Crippen LogP contribution is -2.01. The third-order valence-corrected chi connectivity index (χ3v) is 2.01. The highest BCUT2D eigenvalue weighted by Crippen LogP contribution is 2.18. The molecule has 5 nitrogen and oxygen atoms in total. The molecule has 0 aliphatic carbocycles. The molecule has 0 amide bonds. The van der Waals surface area contributed by atoms with Crippen LogP contribution in [0.25, 0.3) is 10.9 Å². The summed E-state index contributed by atoms with van der Waals surface area (Å²) in [6.45, 7) is 0. The van der Waals surface area contributed by atoms with E-state index in [4.69, 9.17) is 5.11 Å². The molecular weight excluding hydrogens is 203 g/mol. The molecule has 0 spiro atoms. The van der Waals surface area contributed by atoms with E-state index >= 15 is 0 Å². The van der Waals surface area contributed by atoms with Gasteiger partial charge in [-0.15, -0.1) is 0 Å². The third kappa shape index (κ3) is 1.35. The predicted octanol–water partition coefficient (Wildman–Crippen LogP) is 0.912. The number of carboxylic acids is 1. The molecule has 0 aliphatic rings. The van der Waals surface area contributed by atoms with Crippen LogP contribution in [-0.4, -0.2) is 27.3 Å². The van der Waals surface area contributed by atoms with Crippen molar-refractivity contribution in [1.82, 2.24) is 9.78 Å². The van der Waals surface area contributed by atoms with Gasteiger partial charge in [0.15, 0.2) is 0 Å². The van der Waals surface area contributed by atoms with E-state index in [1.54, 1.807) is 0 Å². The lowest BCUT2D eigenvalue weighted by Gasteiger charge is -1.98. The maximum atomic E-state index is 13.2. The Morgan fingerprint density at radius 2 is 2.27 bits per heavy atom. The fraction of sp³-hybridized carbons (Fsp3) is 0. The van der Waals surface area contributed by atoms with Crippen molar-refractivity contribution < 1.29 is 19.1 Å². The van der Waals surface area contributed by atoms with Crippen molar-refractivity contribution >= 4 is 23.3 Å². The molecule has 0 unspecified atom stereocenters. The highest BCUT2D eigenvalue weighted by Gasteiger charge is 2.13. The van der Waals surface area contributed by atoms with Gasteiger partial charge in [-0.3, -0.25) is 4.79 Å². The highest BCUT2D eigenvalue weighted by molar-refractivity contribution is 5.94. The maximum Gasteiger partial charge on any atom is 0.338 e. The van der Waals surface area contributed by atoms with E-state index in [0.717, 1.165) is 16.8 Å². The monoisotopic (exact) mass is 208 g/mol. The summed E-state index contributed by atoms with van der Waals surface area (Å²) in [4.78, 5) is 21.1. The smallest absolute Gasteiger partial charge is 0.338 e. The quantitative estimate of drug-likeness (QED) is 0.744. The number of aromatic carboxylic acids is 1. The molecule has 0 fully saturated rings. The largest absolute Gasteiger partial charge is 0.478 e. The van der Waals surface area contributed by atoms with Crippen LogP contribution < -0.4 is 0 Å². The summed E-state index contributed by atoms with van der Waals surface area (Å²) >= 11 is 0. The van der Waals surface area contributed by atoms with Crippen LogP contribution in [0.1, 0.15) is 10.4 Å². The fourth-order valence-electron chi connectivity index (χ4n) is 1.32. The van der Waals surface area contributed by atoms with Crippen molar-refractivity contribution in [3.8, 4) is 0 Å². The number of benzene rings is 1. The number of carboxylic acid groups (broad SMARTS) is 1. The Balaban J connectivity index is 2.78. The van der Waals surface area contributed by atoms with E-state index in [9.17, 15) is 14.0 Å². The Morgan fingerprint density at radius 3 is 2.87 bits per heavy atom. The Morgan fingerprint density at radius 1 is 1.53 bits per heavy atom. The van der Waals surface area contributed by atoms with Crippen molar-refractivity contribution in [3.63, 3.8) is 0 Å². The number of aromatic nitrogens is 2. The van der Waals surface area contributed by atoms with Crippen molar-refractivity contribution in [2.45, 2.75) is 0 Å². The number of carbonyl (C=O) groups excluding carboxylic acids is 1. The molecule has 1 aromatic carbocycles. The van der Waals surface area contributed by atoms with Gasteiger partial charge in [0.25, 0.3) is 0 Å². The Bertz CT molecular complexity index is 562. The molecule has 1 aromatic heterocycles. The van der Waals surface area contributed by atoms with Gasteiger partial charge >= 0.3 is 5.97 Å². The number of nitrogens with zero attached hydrogens (tertiary/aromatic N) is 2. The number of halogens is 1. The minimum absolute atomic E-state index is 0.243. The standard InChI is InChI=1S/C9H5FN2O3/c10-7-2-8-5(1-6(7)9(14)15)3-11-12(8)4-13/h1-4H,(H,14,15). The zero-order valence-electron chi connectivity index (χ0n) is 7.35. The normalized spacial score (nSPS) is 10.5. The van der Waals surface area contributed by atoms with Gasteiger partial charge in [0.2, 0.25) is 6.41 Å². The highest BCUT2D eigenvalue weighted by atomic mass is 19.1. The Labute approximate surface area is 82.7 Å². The van der Waals surface area contributed by atoms with Gasteiger partial charge in [0, 0.05) is 11.5 Å². The molecule has 0 radical (unpaired) electrons. The van der Waals surface area contributed by atoms with Crippen LogP contribution in [0, 0.1) is 5.82 Å². The van der Waals surface area contributed by atoms with Crippen LogP contribution in [0.2, 0.25) is 0 Å². The Hall–Kier alpha value is -2.24. The van der Waals surface area contributed by atoms with E-state index in [-0.39, 0.29) is 5.52 Å². The summed E-state index contributed by atoms with van der Waals surface area (Å²) in [6, 6.07) is 2.11. The lowest BCUT2D eigenvalue weighted by atomic mass is 10.1. The molecule has 2 aromatic rings. The van der Waals surface area contributed by atoms with Gasteiger partial charge < -0.3 is 5.11 Å². The molecular formula is C9H5FN2O3. The molecule has 0 atom stereocenters. The van der Waals surface area contributed by atoms with Gasteiger partial charge in [-0.05, 0) is 6.07 Å². The topological polar surface area (TPSA) is 72.2 Å². The average Bonchev–Trinajstić information content (AvgIpc) is 2.58. The molecule has 1 heterocycles. The second-order valence-corrected chi connectivity index (χ2v) is 2.89. The first-order chi connectivity index (χ1) is 7.13. The number of rotatable bonds is 2. The number of hydrogen-bond acceptors (Lipinski definition) is 3. The molecule has 6 heteroatoms. The molecule has 0 aliphatic heterocycles. The molecule has 15 heavy (non-hydrogen) atoms. The van der Waals surface area contributed by atoms with Crippen molar-refractivity contribution in [1.29, 1.82) is 0 Å². The SMILES string of the molecule is O=Cn1ncc2cc(C(=O)O)c(F)cc21. The molecule has 1 N–H and O–H groups in total. The van der Waals surface area contributed by atoms with Crippen LogP contribution >= 0.6 is 0 Å². The second kappa shape index (κ2) is 3.16. The van der Waals surface area contributed by atoms with E-state index < -0.39 is 17.3 Å². The van der Waals surface area contributed by atoms with Gasteiger partial charge in [0.1, 0.15) is 5.82 Å². The van der Waals surface area contributed by atoms with Crippen LogP contribution in [0.3, 0.4) is 0 Å². The third-order valence-electron chi connectivity index (χ3n) is 2.01. The summed E-state index contributed by atoms with van der Waals surface area (Å²) in [6.07, 6.45) is 1.72. The Kier molecular flexibility index (Phi) is 1.96. The van der Waals surface area contributed by atoms with Crippen LogP contribution in [0.5, 0.6) is 0 Å². The van der Waals surface area contributed by atoms with Crippen molar-refractivity contribution in [3.05, 3.63) is 29.7 Å². The molecule has 2 rings (SSSR count). The summed E-state index contributed by atoms with van der Waals surface area (Å²) in [5.41, 5.74) is -0.194. The van der Waals surface area contributed by atoms with E-state index in [2.05, 4.69) is 5.10 Å². The molecule has 0 saturated carbocycles. The summed E-state index contributed by atoms with van der Waals surface area (Å²) in [7, 11) is 0. The first-order valence-corrected chi connectivity index (χ1v) is 3.99. The number of fused-ring (bicyclic) bond motifs is 1.